The summed E-state index contributed by atoms with van der Waals surface area (Å²) in [5, 5.41) is 17.3. The molecule has 5 heteroatoms. The molecule has 2 aliphatic heterocycles. The van der Waals surface area contributed by atoms with Gasteiger partial charge in [-0.15, -0.1) is 0 Å². The molecule has 0 saturated carbocycles. The number of nitrogens with zero attached hydrogens (tertiary/aromatic N) is 3. The van der Waals surface area contributed by atoms with E-state index in [1.54, 1.807) is 0 Å². The third kappa shape index (κ3) is 1.64. The van der Waals surface area contributed by atoms with Crippen LogP contribution in [0.2, 0.25) is 0 Å². The summed E-state index contributed by atoms with van der Waals surface area (Å²) in [6.45, 7) is 1.24. The smallest absolute Gasteiger partial charge is 0.167 e. The summed E-state index contributed by atoms with van der Waals surface area (Å²) in [6, 6.07) is 0.476. The van der Waals surface area contributed by atoms with Crippen molar-refractivity contribution in [3.05, 3.63) is 11.6 Å². The molecule has 16 heavy (non-hydrogen) atoms. The van der Waals surface area contributed by atoms with E-state index in [4.69, 9.17) is 0 Å². The van der Waals surface area contributed by atoms with Crippen LogP contribution in [0.5, 0.6) is 0 Å². The number of aryl methyl sites for hydroxylation is 1. The monoisotopic (exact) mass is 222 g/mol. The molecule has 0 radical (unpaired) electrons. The summed E-state index contributed by atoms with van der Waals surface area (Å²) in [4.78, 5) is 4.61. The van der Waals surface area contributed by atoms with Crippen LogP contribution in [0.4, 0.5) is 0 Å². The van der Waals surface area contributed by atoms with Crippen molar-refractivity contribution in [2.75, 3.05) is 13.2 Å². The zero-order chi connectivity index (χ0) is 11.0. The van der Waals surface area contributed by atoms with Gasteiger partial charge in [-0.3, -0.25) is 0 Å². The van der Waals surface area contributed by atoms with Crippen molar-refractivity contribution >= 4 is 0 Å². The normalized spacial score (nSPS) is 29.3. The van der Waals surface area contributed by atoms with E-state index in [1.807, 2.05) is 4.68 Å². The maximum Gasteiger partial charge on any atom is 0.167 e. The number of fused-ring (bicyclic) bond motifs is 1. The van der Waals surface area contributed by atoms with E-state index >= 15 is 0 Å². The number of aliphatic hydroxyl groups excluding tert-OH is 1. The lowest BCUT2D eigenvalue weighted by atomic mass is 10.1. The molecule has 2 N–H and O–H groups in total. The van der Waals surface area contributed by atoms with Crippen LogP contribution >= 0.6 is 0 Å². The van der Waals surface area contributed by atoms with Crippen LogP contribution in [-0.4, -0.2) is 33.0 Å². The Morgan fingerprint density at radius 1 is 1.38 bits per heavy atom. The van der Waals surface area contributed by atoms with Gasteiger partial charge in [-0.05, 0) is 32.2 Å². The van der Waals surface area contributed by atoms with E-state index in [2.05, 4.69) is 15.4 Å². The first kappa shape index (κ1) is 10.2. The van der Waals surface area contributed by atoms with Gasteiger partial charge in [0.05, 0.1) is 18.7 Å². The minimum absolute atomic E-state index is 0.145. The van der Waals surface area contributed by atoms with Crippen molar-refractivity contribution in [1.82, 2.24) is 20.1 Å². The van der Waals surface area contributed by atoms with Crippen LogP contribution < -0.4 is 5.32 Å². The SMILES string of the molecule is OCC1CCCc2nc(C3CCCN3)nn21. The Morgan fingerprint density at radius 3 is 3.06 bits per heavy atom. The summed E-state index contributed by atoms with van der Waals surface area (Å²) in [7, 11) is 0. The average molecular weight is 222 g/mol. The quantitative estimate of drug-likeness (QED) is 0.768. The zero-order valence-corrected chi connectivity index (χ0v) is 9.39. The highest BCUT2D eigenvalue weighted by molar-refractivity contribution is 5.03. The Hall–Kier alpha value is -0.940. The van der Waals surface area contributed by atoms with E-state index in [-0.39, 0.29) is 12.6 Å². The van der Waals surface area contributed by atoms with Gasteiger partial charge in [-0.25, -0.2) is 9.67 Å². The van der Waals surface area contributed by atoms with Crippen molar-refractivity contribution in [2.24, 2.45) is 0 Å². The standard InChI is InChI=1S/C11H18N4O/c16-7-8-3-1-5-10-13-11(14-15(8)10)9-4-2-6-12-9/h8-9,12,16H,1-7H2. The number of rotatable bonds is 2. The first-order valence-corrected chi connectivity index (χ1v) is 6.18. The molecular formula is C11H18N4O. The molecule has 1 saturated heterocycles. The van der Waals surface area contributed by atoms with Crippen molar-refractivity contribution in [2.45, 2.75) is 44.2 Å². The Bertz CT molecular complexity index is 370. The van der Waals surface area contributed by atoms with Gasteiger partial charge >= 0.3 is 0 Å². The third-order valence-electron chi connectivity index (χ3n) is 3.58. The van der Waals surface area contributed by atoms with Crippen molar-refractivity contribution < 1.29 is 5.11 Å². The van der Waals surface area contributed by atoms with Gasteiger partial charge in [0.2, 0.25) is 0 Å². The summed E-state index contributed by atoms with van der Waals surface area (Å²) in [5.41, 5.74) is 0. The maximum absolute atomic E-state index is 9.31. The van der Waals surface area contributed by atoms with Gasteiger partial charge in [-0.1, -0.05) is 0 Å². The van der Waals surface area contributed by atoms with Crippen molar-refractivity contribution in [3.63, 3.8) is 0 Å². The second-order valence-electron chi connectivity index (χ2n) is 4.71. The molecule has 88 valence electrons. The fraction of sp³-hybridized carbons (Fsp3) is 0.818. The second kappa shape index (κ2) is 4.14. The minimum Gasteiger partial charge on any atom is -0.394 e. The third-order valence-corrected chi connectivity index (χ3v) is 3.58. The van der Waals surface area contributed by atoms with Crippen LogP contribution in [0, 0.1) is 0 Å². The number of hydrogen-bond acceptors (Lipinski definition) is 4. The summed E-state index contributed by atoms with van der Waals surface area (Å²) in [5.74, 6) is 1.97. The highest BCUT2D eigenvalue weighted by Gasteiger charge is 2.26. The second-order valence-corrected chi connectivity index (χ2v) is 4.71. The Kier molecular flexibility index (Phi) is 2.65. The number of nitrogens with one attached hydrogen (secondary N) is 1. The molecule has 3 heterocycles. The predicted molar refractivity (Wildman–Crippen MR) is 59.1 cm³/mol. The van der Waals surface area contributed by atoms with Gasteiger partial charge in [0, 0.05) is 6.42 Å². The fourth-order valence-electron chi connectivity index (χ4n) is 2.68. The van der Waals surface area contributed by atoms with Crippen molar-refractivity contribution in [3.8, 4) is 0 Å². The number of aromatic nitrogens is 3. The van der Waals surface area contributed by atoms with Crippen LogP contribution in [0.3, 0.4) is 0 Å². The molecule has 0 amide bonds. The summed E-state index contributed by atoms with van der Waals surface area (Å²) in [6.07, 6.45) is 5.47. The van der Waals surface area contributed by atoms with E-state index in [9.17, 15) is 5.11 Å². The molecule has 1 fully saturated rings. The molecule has 3 rings (SSSR count). The largest absolute Gasteiger partial charge is 0.394 e. The molecule has 0 bridgehead atoms. The van der Waals surface area contributed by atoms with Crippen molar-refractivity contribution in [1.29, 1.82) is 0 Å². The molecule has 2 atom stereocenters. The van der Waals surface area contributed by atoms with E-state index in [0.29, 0.717) is 6.04 Å². The van der Waals surface area contributed by atoms with Gasteiger partial charge < -0.3 is 10.4 Å². The topological polar surface area (TPSA) is 63.0 Å². The van der Waals surface area contributed by atoms with Gasteiger partial charge in [0.25, 0.3) is 0 Å². The lowest BCUT2D eigenvalue weighted by Crippen LogP contribution is -2.22. The van der Waals surface area contributed by atoms with E-state index in [0.717, 1.165) is 43.9 Å². The zero-order valence-electron chi connectivity index (χ0n) is 9.39. The van der Waals surface area contributed by atoms with Gasteiger partial charge in [0.1, 0.15) is 5.82 Å². The number of hydrogen-bond donors (Lipinski definition) is 2. The Morgan fingerprint density at radius 2 is 2.31 bits per heavy atom. The van der Waals surface area contributed by atoms with Crippen LogP contribution in [-0.2, 0) is 6.42 Å². The molecule has 0 spiro atoms. The molecule has 1 aromatic rings. The van der Waals surface area contributed by atoms with E-state index < -0.39 is 0 Å². The van der Waals surface area contributed by atoms with Gasteiger partial charge in [-0.2, -0.15) is 5.10 Å². The Labute approximate surface area is 94.9 Å². The van der Waals surface area contributed by atoms with E-state index in [1.165, 1.54) is 6.42 Å². The van der Waals surface area contributed by atoms with Crippen LogP contribution in [0.1, 0.15) is 49.4 Å². The lowest BCUT2D eigenvalue weighted by Gasteiger charge is -2.20. The fourth-order valence-corrected chi connectivity index (χ4v) is 2.68. The average Bonchev–Trinajstić information content (AvgIpc) is 2.96. The number of aliphatic hydroxyl groups is 1. The Balaban J connectivity index is 1.89. The van der Waals surface area contributed by atoms with Gasteiger partial charge in [0.15, 0.2) is 5.82 Å². The molecule has 2 unspecified atom stereocenters. The molecule has 2 aliphatic rings. The minimum atomic E-state index is 0.145. The predicted octanol–water partition coefficient (Wildman–Crippen LogP) is 0.572. The summed E-state index contributed by atoms with van der Waals surface area (Å²) >= 11 is 0. The highest BCUT2D eigenvalue weighted by Crippen LogP contribution is 2.26. The van der Waals surface area contributed by atoms with Crippen LogP contribution in [0.25, 0.3) is 0 Å². The maximum atomic E-state index is 9.31. The lowest BCUT2D eigenvalue weighted by molar-refractivity contribution is 0.194. The highest BCUT2D eigenvalue weighted by atomic mass is 16.3. The first-order valence-electron chi connectivity index (χ1n) is 6.18. The molecule has 0 aromatic carbocycles. The summed E-state index contributed by atoms with van der Waals surface area (Å²) < 4.78 is 1.94. The molecule has 1 aromatic heterocycles. The molecule has 5 nitrogen and oxygen atoms in total. The van der Waals surface area contributed by atoms with Crippen LogP contribution in [0.15, 0.2) is 0 Å². The molecular weight excluding hydrogens is 204 g/mol. The molecule has 0 aliphatic carbocycles. The first-order chi connectivity index (χ1) is 7.88.